The molecule has 2 fully saturated rings. The number of rotatable bonds is 10. The van der Waals surface area contributed by atoms with Crippen LogP contribution in [-0.4, -0.2) is 64.3 Å². The highest BCUT2D eigenvalue weighted by molar-refractivity contribution is 14.0. The Morgan fingerprint density at radius 2 is 2.04 bits per heavy atom. The molecule has 2 rings (SSSR count). The number of ether oxygens (including phenoxy) is 1. The number of likely N-dealkylation sites (tertiary alicyclic amines) is 1. The van der Waals surface area contributed by atoms with Crippen molar-refractivity contribution in [3.63, 3.8) is 0 Å². The van der Waals surface area contributed by atoms with E-state index in [1.54, 1.807) is 7.11 Å². The van der Waals surface area contributed by atoms with Crippen LogP contribution in [0.3, 0.4) is 0 Å². The number of halogens is 1. The van der Waals surface area contributed by atoms with Crippen molar-refractivity contribution in [1.82, 2.24) is 15.5 Å². The summed E-state index contributed by atoms with van der Waals surface area (Å²) in [5.74, 6) is 1.84. The normalized spacial score (nSPS) is 23.0. The van der Waals surface area contributed by atoms with Crippen molar-refractivity contribution < 1.29 is 4.74 Å². The van der Waals surface area contributed by atoms with Crippen molar-refractivity contribution in [3.8, 4) is 0 Å². The molecule has 154 valence electrons. The van der Waals surface area contributed by atoms with Gasteiger partial charge in [-0.2, -0.15) is 0 Å². The smallest absolute Gasteiger partial charge is 0.190 e. The molecule has 0 aromatic heterocycles. The van der Waals surface area contributed by atoms with E-state index < -0.39 is 0 Å². The summed E-state index contributed by atoms with van der Waals surface area (Å²) < 4.78 is 5.28. The molecule has 1 atom stereocenters. The first-order chi connectivity index (χ1) is 12.2. The SMILES string of the molecule is CN=C(NCCCCN1CCCC(C)C1)NCC1(CCOC)CCC1.I. The van der Waals surface area contributed by atoms with E-state index in [0.717, 1.165) is 38.0 Å². The molecule has 1 aliphatic heterocycles. The van der Waals surface area contributed by atoms with Gasteiger partial charge in [-0.25, -0.2) is 0 Å². The first-order valence-electron chi connectivity index (χ1n) is 10.3. The molecular weight excluding hydrogens is 439 g/mol. The van der Waals surface area contributed by atoms with Crippen molar-refractivity contribution in [2.24, 2.45) is 16.3 Å². The Labute approximate surface area is 178 Å². The molecule has 1 aliphatic carbocycles. The third-order valence-corrected chi connectivity index (χ3v) is 6.04. The molecule has 1 saturated heterocycles. The number of guanidine groups is 1. The Balaban J connectivity index is 0.00000338. The standard InChI is InChI=1S/C20H40N4O.HI/c1-18-8-6-14-24(16-18)13-5-4-12-22-19(21-2)23-17-20(9-7-10-20)11-15-25-3;/h18H,4-17H2,1-3H3,(H2,21,22,23);1H. The molecule has 26 heavy (non-hydrogen) atoms. The Hall–Kier alpha value is -0.0800. The fourth-order valence-corrected chi connectivity index (χ4v) is 4.16. The van der Waals surface area contributed by atoms with Gasteiger partial charge in [0, 0.05) is 40.4 Å². The second-order valence-corrected chi connectivity index (χ2v) is 8.20. The second-order valence-electron chi connectivity index (χ2n) is 8.20. The summed E-state index contributed by atoms with van der Waals surface area (Å²) in [6.45, 7) is 9.10. The number of methoxy groups -OCH3 is 1. The maximum absolute atomic E-state index is 5.28. The summed E-state index contributed by atoms with van der Waals surface area (Å²) in [6, 6.07) is 0. The van der Waals surface area contributed by atoms with E-state index >= 15 is 0 Å². The third-order valence-electron chi connectivity index (χ3n) is 6.04. The van der Waals surface area contributed by atoms with E-state index in [2.05, 4.69) is 27.4 Å². The molecule has 5 nitrogen and oxygen atoms in total. The number of unbranched alkanes of at least 4 members (excludes halogenated alkanes) is 1. The van der Waals surface area contributed by atoms with Crippen molar-refractivity contribution in [1.29, 1.82) is 0 Å². The van der Waals surface area contributed by atoms with Gasteiger partial charge < -0.3 is 20.3 Å². The minimum absolute atomic E-state index is 0. The molecule has 1 unspecified atom stereocenters. The van der Waals surface area contributed by atoms with E-state index in [0.29, 0.717) is 5.41 Å². The molecule has 0 amide bonds. The van der Waals surface area contributed by atoms with Crippen LogP contribution < -0.4 is 10.6 Å². The highest BCUT2D eigenvalue weighted by Gasteiger charge is 2.36. The van der Waals surface area contributed by atoms with Crippen molar-refractivity contribution in [3.05, 3.63) is 0 Å². The van der Waals surface area contributed by atoms with E-state index in [4.69, 9.17) is 4.74 Å². The van der Waals surface area contributed by atoms with E-state index in [1.807, 2.05) is 7.05 Å². The Bertz CT molecular complexity index is 401. The topological polar surface area (TPSA) is 48.9 Å². The van der Waals surface area contributed by atoms with E-state index in [1.165, 1.54) is 64.6 Å². The zero-order valence-corrected chi connectivity index (χ0v) is 19.5. The van der Waals surface area contributed by atoms with Gasteiger partial charge in [-0.3, -0.25) is 4.99 Å². The van der Waals surface area contributed by atoms with Crippen LogP contribution >= 0.6 is 24.0 Å². The lowest BCUT2D eigenvalue weighted by Crippen LogP contribution is -2.47. The molecule has 1 saturated carbocycles. The highest BCUT2D eigenvalue weighted by Crippen LogP contribution is 2.43. The first kappa shape index (κ1) is 24.0. The molecule has 6 heteroatoms. The molecule has 0 bridgehead atoms. The predicted molar refractivity (Wildman–Crippen MR) is 122 cm³/mol. The summed E-state index contributed by atoms with van der Waals surface area (Å²) in [5, 5.41) is 7.02. The largest absolute Gasteiger partial charge is 0.385 e. The van der Waals surface area contributed by atoms with Crippen LogP contribution in [-0.2, 0) is 4.74 Å². The zero-order chi connectivity index (χ0) is 18.0. The van der Waals surface area contributed by atoms with Crippen LogP contribution in [0.25, 0.3) is 0 Å². The van der Waals surface area contributed by atoms with Crippen LogP contribution in [0.2, 0.25) is 0 Å². The molecule has 0 aromatic rings. The lowest BCUT2D eigenvalue weighted by molar-refractivity contribution is 0.0732. The van der Waals surface area contributed by atoms with E-state index in [9.17, 15) is 0 Å². The molecule has 0 radical (unpaired) electrons. The van der Waals surface area contributed by atoms with Crippen molar-refractivity contribution in [2.75, 3.05) is 53.5 Å². The molecule has 0 spiro atoms. The van der Waals surface area contributed by atoms with E-state index in [-0.39, 0.29) is 24.0 Å². The lowest BCUT2D eigenvalue weighted by Gasteiger charge is -2.42. The monoisotopic (exact) mass is 480 g/mol. The van der Waals surface area contributed by atoms with Crippen molar-refractivity contribution in [2.45, 2.75) is 58.3 Å². The van der Waals surface area contributed by atoms with Crippen LogP contribution in [0.4, 0.5) is 0 Å². The molecular formula is C20H41IN4O. The van der Waals surface area contributed by atoms with Gasteiger partial charge in [0.1, 0.15) is 0 Å². The zero-order valence-electron chi connectivity index (χ0n) is 17.2. The Kier molecular flexibility index (Phi) is 12.1. The first-order valence-corrected chi connectivity index (χ1v) is 10.3. The lowest BCUT2D eigenvalue weighted by atomic mass is 9.67. The van der Waals surface area contributed by atoms with Gasteiger partial charge in [0.05, 0.1) is 0 Å². The second kappa shape index (κ2) is 13.2. The molecule has 2 N–H and O–H groups in total. The van der Waals surface area contributed by atoms with Crippen LogP contribution in [0, 0.1) is 11.3 Å². The molecule has 2 aliphatic rings. The Morgan fingerprint density at radius 1 is 1.23 bits per heavy atom. The van der Waals surface area contributed by atoms with Gasteiger partial charge in [-0.15, -0.1) is 24.0 Å². The molecule has 1 heterocycles. The molecule has 0 aromatic carbocycles. The summed E-state index contributed by atoms with van der Waals surface area (Å²) in [6.07, 6.45) is 10.4. The minimum Gasteiger partial charge on any atom is -0.385 e. The number of hydrogen-bond donors (Lipinski definition) is 2. The summed E-state index contributed by atoms with van der Waals surface area (Å²) in [4.78, 5) is 7.02. The summed E-state index contributed by atoms with van der Waals surface area (Å²) >= 11 is 0. The van der Waals surface area contributed by atoms with Crippen LogP contribution in [0.15, 0.2) is 4.99 Å². The van der Waals surface area contributed by atoms with Gasteiger partial charge in [0.2, 0.25) is 0 Å². The number of hydrogen-bond acceptors (Lipinski definition) is 3. The van der Waals surface area contributed by atoms with Gasteiger partial charge >= 0.3 is 0 Å². The quantitative estimate of drug-likeness (QED) is 0.218. The van der Waals surface area contributed by atoms with Gasteiger partial charge in [-0.1, -0.05) is 13.3 Å². The number of aliphatic imine (C=N–C) groups is 1. The number of piperidine rings is 1. The van der Waals surface area contributed by atoms with Crippen molar-refractivity contribution >= 4 is 29.9 Å². The maximum Gasteiger partial charge on any atom is 0.190 e. The fraction of sp³-hybridized carbons (Fsp3) is 0.950. The fourth-order valence-electron chi connectivity index (χ4n) is 4.16. The predicted octanol–water partition coefficient (Wildman–Crippen LogP) is 3.49. The summed E-state index contributed by atoms with van der Waals surface area (Å²) in [5.41, 5.74) is 0.429. The van der Waals surface area contributed by atoms with Crippen LogP contribution in [0.5, 0.6) is 0 Å². The average molecular weight is 480 g/mol. The highest BCUT2D eigenvalue weighted by atomic mass is 127. The number of nitrogens with zero attached hydrogens (tertiary/aromatic N) is 2. The number of nitrogens with one attached hydrogen (secondary N) is 2. The van der Waals surface area contributed by atoms with Crippen LogP contribution in [0.1, 0.15) is 58.3 Å². The van der Waals surface area contributed by atoms with Gasteiger partial charge in [0.25, 0.3) is 0 Å². The maximum atomic E-state index is 5.28. The third kappa shape index (κ3) is 8.30. The van der Waals surface area contributed by atoms with Gasteiger partial charge in [-0.05, 0) is 69.4 Å². The average Bonchev–Trinajstić information content (AvgIpc) is 2.58. The van der Waals surface area contributed by atoms with Gasteiger partial charge in [0.15, 0.2) is 5.96 Å². The Morgan fingerprint density at radius 3 is 2.65 bits per heavy atom. The minimum atomic E-state index is 0. The summed E-state index contributed by atoms with van der Waals surface area (Å²) in [7, 11) is 3.66.